The van der Waals surface area contributed by atoms with Gasteiger partial charge in [-0.2, -0.15) is 0 Å². The predicted molar refractivity (Wildman–Crippen MR) is 104 cm³/mol. The van der Waals surface area contributed by atoms with Gasteiger partial charge in [0.15, 0.2) is 8.32 Å². The van der Waals surface area contributed by atoms with Gasteiger partial charge in [0.25, 0.3) is 0 Å². The van der Waals surface area contributed by atoms with E-state index in [-0.39, 0.29) is 5.41 Å². The molecule has 1 rings (SSSR count). The molecule has 0 aromatic carbocycles. The Morgan fingerprint density at radius 2 is 1.83 bits per heavy atom. The van der Waals surface area contributed by atoms with Gasteiger partial charge in [0.05, 0.1) is 0 Å². The third-order valence-corrected chi connectivity index (χ3v) is 11.0. The molecule has 1 unspecified atom stereocenters. The fourth-order valence-corrected chi connectivity index (χ4v) is 8.61. The van der Waals surface area contributed by atoms with E-state index in [0.29, 0.717) is 30.9 Å². The van der Waals surface area contributed by atoms with Gasteiger partial charge in [0.2, 0.25) is 19.5 Å². The first-order valence-electron chi connectivity index (χ1n) is 8.37. The molecule has 0 saturated heterocycles. The van der Waals surface area contributed by atoms with Crippen molar-refractivity contribution >= 4 is 37.4 Å². The molecular formula is C16H33O3Si4. The third kappa shape index (κ3) is 7.09. The zero-order valence-electron chi connectivity index (χ0n) is 16.3. The lowest BCUT2D eigenvalue weighted by Crippen LogP contribution is -2.40. The number of rotatable bonds is 8. The summed E-state index contributed by atoms with van der Waals surface area (Å²) in [6, 6.07) is 1.01. The van der Waals surface area contributed by atoms with Crippen molar-refractivity contribution in [2.24, 2.45) is 16.7 Å². The van der Waals surface area contributed by atoms with Crippen LogP contribution in [0.3, 0.4) is 0 Å². The average Bonchev–Trinajstić information content (AvgIpc) is 2.33. The molecule has 0 fully saturated rings. The molecule has 7 heteroatoms. The van der Waals surface area contributed by atoms with Gasteiger partial charge in [-0.15, -0.1) is 0 Å². The van der Waals surface area contributed by atoms with E-state index in [1.54, 1.807) is 0 Å². The molecule has 1 atom stereocenters. The van der Waals surface area contributed by atoms with Crippen LogP contribution in [0, 0.1) is 16.7 Å². The summed E-state index contributed by atoms with van der Waals surface area (Å²) in [7, 11) is -2.31. The van der Waals surface area contributed by atoms with Gasteiger partial charge in [-0.1, -0.05) is 46.3 Å². The maximum absolute atomic E-state index is 6.06. The van der Waals surface area contributed by atoms with Crippen LogP contribution in [0.5, 0.6) is 0 Å². The van der Waals surface area contributed by atoms with Gasteiger partial charge >= 0.3 is 9.53 Å². The summed E-state index contributed by atoms with van der Waals surface area (Å²) in [6.45, 7) is 20.4. The first kappa shape index (κ1) is 21.5. The molecule has 0 aliphatic heterocycles. The summed E-state index contributed by atoms with van der Waals surface area (Å²) < 4.78 is 17.8. The summed E-state index contributed by atoms with van der Waals surface area (Å²) in [5.74, 6) is 0.683. The summed E-state index contributed by atoms with van der Waals surface area (Å²) in [5, 5.41) is 0. The molecule has 0 heterocycles. The van der Waals surface area contributed by atoms with Crippen molar-refractivity contribution in [3.05, 3.63) is 11.6 Å². The second kappa shape index (κ2) is 8.24. The maximum Gasteiger partial charge on any atom is 0.543 e. The van der Waals surface area contributed by atoms with Crippen LogP contribution in [0.15, 0.2) is 11.6 Å². The van der Waals surface area contributed by atoms with E-state index in [2.05, 4.69) is 60.3 Å². The second-order valence-electron chi connectivity index (χ2n) is 8.70. The van der Waals surface area contributed by atoms with Gasteiger partial charge in [0, 0.05) is 0 Å². The van der Waals surface area contributed by atoms with Crippen LogP contribution in [0.4, 0.5) is 0 Å². The molecule has 0 aromatic heterocycles. The van der Waals surface area contributed by atoms with Gasteiger partial charge in [0.1, 0.15) is 0 Å². The Balaban J connectivity index is 2.60. The molecular weight excluding hydrogens is 353 g/mol. The van der Waals surface area contributed by atoms with Crippen LogP contribution < -0.4 is 0 Å². The smallest absolute Gasteiger partial charge is 0.415 e. The molecule has 0 bridgehead atoms. The number of allylic oxidation sites excluding steroid dienone is 2. The van der Waals surface area contributed by atoms with Crippen LogP contribution in [-0.4, -0.2) is 37.4 Å². The highest BCUT2D eigenvalue weighted by atomic mass is 28.5. The van der Waals surface area contributed by atoms with Crippen molar-refractivity contribution in [2.75, 3.05) is 0 Å². The Morgan fingerprint density at radius 3 is 2.30 bits per heavy atom. The van der Waals surface area contributed by atoms with E-state index in [4.69, 9.17) is 12.3 Å². The first-order valence-corrected chi connectivity index (χ1v) is 15.5. The summed E-state index contributed by atoms with van der Waals surface area (Å²) in [6.07, 6.45) is 3.65. The fraction of sp³-hybridized carbons (Fsp3) is 0.875. The fourth-order valence-electron chi connectivity index (χ4n) is 3.14. The first-order chi connectivity index (χ1) is 10.4. The normalized spacial score (nSPS) is 23.9. The number of hydrogen-bond donors (Lipinski definition) is 0. The quantitative estimate of drug-likeness (QED) is 0.452. The summed E-state index contributed by atoms with van der Waals surface area (Å²) >= 11 is 0. The lowest BCUT2D eigenvalue weighted by Gasteiger charge is -2.46. The Bertz CT molecular complexity index is 416. The molecule has 3 nitrogen and oxygen atoms in total. The van der Waals surface area contributed by atoms with E-state index < -0.39 is 17.8 Å². The minimum absolute atomic E-state index is 0.255. The minimum Gasteiger partial charge on any atom is -0.415 e. The molecule has 5 radical (unpaired) electrons. The van der Waals surface area contributed by atoms with Crippen molar-refractivity contribution in [3.8, 4) is 0 Å². The maximum atomic E-state index is 6.06. The van der Waals surface area contributed by atoms with E-state index >= 15 is 0 Å². The molecule has 131 valence electrons. The van der Waals surface area contributed by atoms with E-state index in [0.717, 1.165) is 6.04 Å². The molecule has 0 aromatic rings. The molecule has 0 saturated carbocycles. The molecule has 0 spiro atoms. The van der Waals surface area contributed by atoms with Gasteiger partial charge < -0.3 is 12.3 Å². The van der Waals surface area contributed by atoms with Gasteiger partial charge in [-0.25, -0.2) is 0 Å². The lowest BCUT2D eigenvalue weighted by molar-refractivity contribution is 0.109. The minimum atomic E-state index is -1.61. The van der Waals surface area contributed by atoms with Crippen LogP contribution in [-0.2, 0) is 12.3 Å². The molecule has 1 aliphatic carbocycles. The Hall–Kier alpha value is 0.488. The predicted octanol–water partition coefficient (Wildman–Crippen LogP) is 4.58. The highest BCUT2D eigenvalue weighted by Gasteiger charge is 2.40. The standard InChI is InChI=1S/C16H33O3Si4/c1-13-15(2,3)10-14(11-16(13,4)5)12-21-18-22(17-20-6)19-23(7,8)9/h10,13H,11-12H2,1-9H3. The summed E-state index contributed by atoms with van der Waals surface area (Å²) in [5.41, 5.74) is 2.14. The van der Waals surface area contributed by atoms with Crippen molar-refractivity contribution in [3.63, 3.8) is 0 Å². The molecule has 0 amide bonds. The van der Waals surface area contributed by atoms with E-state index in [1.807, 2.05) is 6.55 Å². The monoisotopic (exact) mass is 385 g/mol. The third-order valence-electron chi connectivity index (χ3n) is 4.58. The van der Waals surface area contributed by atoms with Gasteiger partial charge in [-0.3, -0.25) is 0 Å². The average molecular weight is 386 g/mol. The zero-order chi connectivity index (χ0) is 17.9. The molecule has 0 N–H and O–H groups in total. The van der Waals surface area contributed by atoms with Crippen LogP contribution in [0.2, 0.25) is 32.2 Å². The Labute approximate surface area is 151 Å². The van der Waals surface area contributed by atoms with Crippen molar-refractivity contribution < 1.29 is 12.3 Å². The molecule has 23 heavy (non-hydrogen) atoms. The lowest BCUT2D eigenvalue weighted by atomic mass is 9.59. The van der Waals surface area contributed by atoms with Crippen LogP contribution in [0.25, 0.3) is 0 Å². The van der Waals surface area contributed by atoms with Crippen molar-refractivity contribution in [2.45, 2.75) is 73.3 Å². The highest BCUT2D eigenvalue weighted by molar-refractivity contribution is 6.76. The van der Waals surface area contributed by atoms with Crippen molar-refractivity contribution in [1.29, 1.82) is 0 Å². The second-order valence-corrected chi connectivity index (χ2v) is 16.9. The van der Waals surface area contributed by atoms with E-state index in [9.17, 15) is 0 Å². The number of hydrogen-bond acceptors (Lipinski definition) is 3. The molecule has 1 aliphatic rings. The van der Waals surface area contributed by atoms with Crippen LogP contribution in [0.1, 0.15) is 41.0 Å². The topological polar surface area (TPSA) is 27.7 Å². The Kier molecular flexibility index (Phi) is 7.72. The highest BCUT2D eigenvalue weighted by Crippen LogP contribution is 2.49. The zero-order valence-corrected chi connectivity index (χ0v) is 20.3. The van der Waals surface area contributed by atoms with Crippen LogP contribution >= 0.6 is 0 Å². The largest absolute Gasteiger partial charge is 0.543 e. The van der Waals surface area contributed by atoms with Crippen molar-refractivity contribution in [1.82, 2.24) is 0 Å². The Morgan fingerprint density at radius 1 is 1.22 bits per heavy atom. The summed E-state index contributed by atoms with van der Waals surface area (Å²) in [4.78, 5) is 0. The SMILES string of the molecule is C[Si]O[Si](O[Si]CC1=CC(C)(C)C(C)C(C)(C)C1)O[Si](C)(C)C. The van der Waals surface area contributed by atoms with E-state index in [1.165, 1.54) is 12.0 Å². The van der Waals surface area contributed by atoms with Gasteiger partial charge in [-0.05, 0) is 55.4 Å².